The lowest BCUT2D eigenvalue weighted by Crippen LogP contribution is -2.41. The molecule has 2 heterocycles. The number of benzene rings is 2. The molecule has 0 amide bonds. The SMILES string of the molecule is C[C@]1(C#N)O[C@H]2O[C@H](COC(=O)c3ccccc3)[C@H](OC(=O)c3ccccc3)[C@H]2O1. The van der Waals surface area contributed by atoms with E-state index in [-0.39, 0.29) is 6.61 Å². The summed E-state index contributed by atoms with van der Waals surface area (Å²) in [4.78, 5) is 24.8. The highest BCUT2D eigenvalue weighted by Crippen LogP contribution is 2.39. The number of fused-ring (bicyclic) bond motifs is 1. The van der Waals surface area contributed by atoms with Crippen molar-refractivity contribution in [3.8, 4) is 6.07 Å². The molecule has 154 valence electrons. The molecule has 8 nitrogen and oxygen atoms in total. The van der Waals surface area contributed by atoms with Gasteiger partial charge in [0.25, 0.3) is 5.79 Å². The van der Waals surface area contributed by atoms with E-state index in [0.717, 1.165) is 0 Å². The molecule has 0 aliphatic carbocycles. The fraction of sp³-hybridized carbons (Fsp3) is 0.318. The van der Waals surface area contributed by atoms with Crippen LogP contribution in [0.5, 0.6) is 0 Å². The van der Waals surface area contributed by atoms with Crippen LogP contribution in [0.4, 0.5) is 0 Å². The van der Waals surface area contributed by atoms with Crippen LogP contribution in [0.25, 0.3) is 0 Å². The fourth-order valence-corrected chi connectivity index (χ4v) is 3.33. The maximum Gasteiger partial charge on any atom is 0.338 e. The first-order valence-electron chi connectivity index (χ1n) is 9.40. The first-order valence-corrected chi connectivity index (χ1v) is 9.40. The Morgan fingerprint density at radius 2 is 1.60 bits per heavy atom. The van der Waals surface area contributed by atoms with E-state index in [0.29, 0.717) is 11.1 Å². The molecule has 30 heavy (non-hydrogen) atoms. The lowest BCUT2D eigenvalue weighted by molar-refractivity contribution is -0.200. The molecule has 5 atom stereocenters. The van der Waals surface area contributed by atoms with Crippen molar-refractivity contribution in [3.63, 3.8) is 0 Å². The quantitative estimate of drug-likeness (QED) is 0.694. The Balaban J connectivity index is 1.48. The number of hydrogen-bond acceptors (Lipinski definition) is 8. The molecular formula is C22H19NO7. The summed E-state index contributed by atoms with van der Waals surface area (Å²) in [5.74, 6) is -2.63. The molecule has 0 saturated carbocycles. The van der Waals surface area contributed by atoms with Gasteiger partial charge in [0.2, 0.25) is 0 Å². The van der Waals surface area contributed by atoms with Crippen molar-refractivity contribution < 1.29 is 33.3 Å². The molecule has 0 N–H and O–H groups in total. The van der Waals surface area contributed by atoms with E-state index in [1.54, 1.807) is 60.7 Å². The van der Waals surface area contributed by atoms with E-state index < -0.39 is 42.3 Å². The number of rotatable bonds is 5. The molecule has 2 saturated heterocycles. The number of hydrogen-bond donors (Lipinski definition) is 0. The zero-order valence-electron chi connectivity index (χ0n) is 16.1. The van der Waals surface area contributed by atoms with Crippen LogP contribution in [-0.4, -0.2) is 48.9 Å². The third-order valence-corrected chi connectivity index (χ3v) is 4.81. The Morgan fingerprint density at radius 3 is 2.20 bits per heavy atom. The minimum Gasteiger partial charge on any atom is -0.459 e. The smallest absolute Gasteiger partial charge is 0.338 e. The van der Waals surface area contributed by atoms with Crippen LogP contribution < -0.4 is 0 Å². The van der Waals surface area contributed by atoms with E-state index in [9.17, 15) is 14.9 Å². The number of carbonyl (C=O) groups is 2. The lowest BCUT2D eigenvalue weighted by Gasteiger charge is -2.24. The van der Waals surface area contributed by atoms with E-state index in [1.807, 2.05) is 6.07 Å². The van der Waals surface area contributed by atoms with Crippen LogP contribution in [0.2, 0.25) is 0 Å². The second kappa shape index (κ2) is 8.24. The van der Waals surface area contributed by atoms with Gasteiger partial charge < -0.3 is 23.7 Å². The Morgan fingerprint density at radius 1 is 1.00 bits per heavy atom. The number of ether oxygens (including phenoxy) is 5. The second-order valence-electron chi connectivity index (χ2n) is 7.00. The predicted octanol–water partition coefficient (Wildman–Crippen LogP) is 2.45. The molecular weight excluding hydrogens is 390 g/mol. The molecule has 0 unspecified atom stereocenters. The van der Waals surface area contributed by atoms with Crippen LogP contribution in [0.15, 0.2) is 60.7 Å². The Labute approximate surface area is 172 Å². The number of nitrogens with zero attached hydrogens (tertiary/aromatic N) is 1. The summed E-state index contributed by atoms with van der Waals surface area (Å²) in [5.41, 5.74) is 0.737. The van der Waals surface area contributed by atoms with Crippen molar-refractivity contribution in [1.82, 2.24) is 0 Å². The Hall–Kier alpha value is -3.25. The van der Waals surface area contributed by atoms with Crippen LogP contribution in [0, 0.1) is 11.3 Å². The normalized spacial score (nSPS) is 29.6. The molecule has 2 aromatic rings. The van der Waals surface area contributed by atoms with Crippen molar-refractivity contribution in [2.75, 3.05) is 6.61 Å². The number of nitriles is 1. The first-order chi connectivity index (χ1) is 14.5. The zero-order chi connectivity index (χ0) is 21.1. The van der Waals surface area contributed by atoms with Crippen LogP contribution in [-0.2, 0) is 23.7 Å². The monoisotopic (exact) mass is 409 g/mol. The summed E-state index contributed by atoms with van der Waals surface area (Å²) in [6, 6.07) is 18.8. The minimum absolute atomic E-state index is 0.177. The van der Waals surface area contributed by atoms with Gasteiger partial charge >= 0.3 is 11.9 Å². The summed E-state index contributed by atoms with van der Waals surface area (Å²) < 4.78 is 27.9. The van der Waals surface area contributed by atoms with Gasteiger partial charge in [-0.1, -0.05) is 36.4 Å². The molecule has 8 heteroatoms. The maximum atomic E-state index is 12.6. The average molecular weight is 409 g/mol. The van der Waals surface area contributed by atoms with Gasteiger partial charge in [-0.2, -0.15) is 5.26 Å². The van der Waals surface area contributed by atoms with Gasteiger partial charge in [-0.25, -0.2) is 9.59 Å². The van der Waals surface area contributed by atoms with Gasteiger partial charge in [0.1, 0.15) is 18.8 Å². The minimum atomic E-state index is -1.52. The van der Waals surface area contributed by atoms with Crippen LogP contribution >= 0.6 is 0 Å². The number of carbonyl (C=O) groups excluding carboxylic acids is 2. The summed E-state index contributed by atoms with van der Waals surface area (Å²) in [5, 5.41) is 9.26. The molecule has 0 bridgehead atoms. The molecule has 0 aromatic heterocycles. The predicted molar refractivity (Wildman–Crippen MR) is 101 cm³/mol. The van der Waals surface area contributed by atoms with Crippen molar-refractivity contribution in [2.45, 2.75) is 37.3 Å². The van der Waals surface area contributed by atoms with Crippen LogP contribution in [0.1, 0.15) is 27.6 Å². The summed E-state index contributed by atoms with van der Waals surface area (Å²) in [7, 11) is 0. The summed E-state index contributed by atoms with van der Waals surface area (Å²) in [6.07, 6.45) is -3.50. The van der Waals surface area contributed by atoms with Crippen LogP contribution in [0.3, 0.4) is 0 Å². The lowest BCUT2D eigenvalue weighted by atomic mass is 10.1. The molecule has 2 fully saturated rings. The van der Waals surface area contributed by atoms with E-state index >= 15 is 0 Å². The van der Waals surface area contributed by atoms with Gasteiger partial charge in [-0.15, -0.1) is 0 Å². The van der Waals surface area contributed by atoms with E-state index in [4.69, 9.17) is 23.7 Å². The number of esters is 2. The zero-order valence-corrected chi connectivity index (χ0v) is 16.1. The van der Waals surface area contributed by atoms with Gasteiger partial charge in [0.05, 0.1) is 11.1 Å². The topological polar surface area (TPSA) is 104 Å². The molecule has 2 aliphatic rings. The van der Waals surface area contributed by atoms with Crippen molar-refractivity contribution in [1.29, 1.82) is 5.26 Å². The van der Waals surface area contributed by atoms with Crippen molar-refractivity contribution in [3.05, 3.63) is 71.8 Å². The van der Waals surface area contributed by atoms with Crippen molar-refractivity contribution in [2.24, 2.45) is 0 Å². The highest BCUT2D eigenvalue weighted by molar-refractivity contribution is 5.90. The average Bonchev–Trinajstić information content (AvgIpc) is 3.27. The van der Waals surface area contributed by atoms with Gasteiger partial charge in [-0.3, -0.25) is 0 Å². The summed E-state index contributed by atoms with van der Waals surface area (Å²) in [6.45, 7) is 1.28. The van der Waals surface area contributed by atoms with Gasteiger partial charge in [-0.05, 0) is 24.3 Å². The Bertz CT molecular complexity index is 958. The third kappa shape index (κ3) is 4.04. The second-order valence-corrected chi connectivity index (χ2v) is 7.00. The molecule has 0 spiro atoms. The molecule has 0 radical (unpaired) electrons. The Kier molecular flexibility index (Phi) is 5.50. The highest BCUT2D eigenvalue weighted by atomic mass is 16.8. The fourth-order valence-electron chi connectivity index (χ4n) is 3.33. The third-order valence-electron chi connectivity index (χ3n) is 4.81. The molecule has 4 rings (SSSR count). The van der Waals surface area contributed by atoms with Gasteiger partial charge in [0, 0.05) is 6.92 Å². The largest absolute Gasteiger partial charge is 0.459 e. The van der Waals surface area contributed by atoms with E-state index in [1.165, 1.54) is 6.92 Å². The molecule has 2 aromatic carbocycles. The maximum absolute atomic E-state index is 12.6. The summed E-state index contributed by atoms with van der Waals surface area (Å²) >= 11 is 0. The van der Waals surface area contributed by atoms with E-state index in [2.05, 4.69) is 0 Å². The van der Waals surface area contributed by atoms with Crippen molar-refractivity contribution >= 4 is 11.9 Å². The first kappa shape index (κ1) is 20.0. The standard InChI is InChI=1S/C22H19NO7/c1-22(13-23)29-18-17(28-20(25)15-10-6-3-7-11-15)16(27-21(18)30-22)12-26-19(24)14-8-4-2-5-9-14/h2-11,16-18,21H,12H2,1H3/t16-,17+,18-,21-,22-/m1/s1. The molecule has 2 aliphatic heterocycles. The highest BCUT2D eigenvalue weighted by Gasteiger charge is 2.58. The van der Waals surface area contributed by atoms with Gasteiger partial charge in [0.15, 0.2) is 18.5 Å².